The first-order chi connectivity index (χ1) is 9.61. The molecule has 0 aliphatic heterocycles. The molecule has 0 rings (SSSR count). The predicted octanol–water partition coefficient (Wildman–Crippen LogP) is 5.16. The number of nitrogens with two attached hydrogens (primary N) is 1. The number of unbranched alkanes of at least 4 members (excludes halogenated alkanes) is 8. The van der Waals surface area contributed by atoms with Crippen molar-refractivity contribution in [2.45, 2.75) is 97.4 Å². The molecule has 0 bridgehead atoms. The Morgan fingerprint density at radius 2 is 1.45 bits per heavy atom. The Hall–Kier alpha value is -0.310. The molecule has 0 aliphatic carbocycles. The van der Waals surface area contributed by atoms with Crippen LogP contribution in [0.4, 0.5) is 0 Å². The van der Waals surface area contributed by atoms with Crippen LogP contribution in [0.15, 0.2) is 0 Å². The molecule has 2 nitrogen and oxygen atoms in total. The van der Waals surface area contributed by atoms with Crippen LogP contribution < -0.4 is 11.1 Å². The van der Waals surface area contributed by atoms with Gasteiger partial charge in [-0.15, -0.1) is 0 Å². The van der Waals surface area contributed by atoms with E-state index >= 15 is 0 Å². The van der Waals surface area contributed by atoms with Gasteiger partial charge in [0, 0.05) is 6.04 Å². The molecule has 0 aromatic carbocycles. The normalized spacial score (nSPS) is 13.9. The lowest BCUT2D eigenvalue weighted by Crippen LogP contribution is -2.42. The highest BCUT2D eigenvalue weighted by atomic mass is 32.1. The minimum absolute atomic E-state index is 0.450. The fraction of sp³-hybridized carbons (Fsp3) is 0.941. The smallest absolute Gasteiger partial charge is 0.163 e. The van der Waals surface area contributed by atoms with Crippen LogP contribution in [0.1, 0.15) is 91.4 Å². The molecule has 0 amide bonds. The molecular formula is C17H36N2S. The highest BCUT2D eigenvalue weighted by molar-refractivity contribution is 7.80. The number of rotatable bonds is 13. The fourth-order valence-corrected chi connectivity index (χ4v) is 2.79. The van der Waals surface area contributed by atoms with Crippen LogP contribution in [0.2, 0.25) is 0 Å². The lowest BCUT2D eigenvalue weighted by Gasteiger charge is -2.24. The quantitative estimate of drug-likeness (QED) is 0.365. The summed E-state index contributed by atoms with van der Waals surface area (Å²) in [7, 11) is 0. The summed E-state index contributed by atoms with van der Waals surface area (Å²) in [6.07, 6.45) is 14.8. The van der Waals surface area contributed by atoms with Crippen molar-refractivity contribution in [1.82, 2.24) is 5.32 Å². The van der Waals surface area contributed by atoms with Gasteiger partial charge in [-0.3, -0.25) is 0 Å². The summed E-state index contributed by atoms with van der Waals surface area (Å²) in [6.45, 7) is 6.79. The van der Waals surface area contributed by atoms with Crippen LogP contribution in [-0.4, -0.2) is 11.2 Å². The third-order valence-electron chi connectivity index (χ3n) is 4.28. The van der Waals surface area contributed by atoms with E-state index in [1.54, 1.807) is 0 Å². The predicted molar refractivity (Wildman–Crippen MR) is 95.0 cm³/mol. The van der Waals surface area contributed by atoms with Gasteiger partial charge in [0.05, 0.1) is 0 Å². The summed E-state index contributed by atoms with van der Waals surface area (Å²) in [5.41, 5.74) is 5.62. The van der Waals surface area contributed by atoms with Gasteiger partial charge >= 0.3 is 0 Å². The van der Waals surface area contributed by atoms with Gasteiger partial charge in [-0.2, -0.15) is 0 Å². The van der Waals surface area contributed by atoms with Crippen LogP contribution in [0.25, 0.3) is 0 Å². The third kappa shape index (κ3) is 11.5. The molecule has 120 valence electrons. The molecule has 2 atom stereocenters. The number of hydrogen-bond acceptors (Lipinski definition) is 1. The number of hydrogen-bond donors (Lipinski definition) is 2. The molecule has 0 saturated carbocycles. The lowest BCUT2D eigenvalue weighted by atomic mass is 9.94. The molecule has 2 unspecified atom stereocenters. The van der Waals surface area contributed by atoms with E-state index in [4.69, 9.17) is 18.0 Å². The molecule has 0 aromatic rings. The van der Waals surface area contributed by atoms with Gasteiger partial charge in [0.25, 0.3) is 0 Å². The van der Waals surface area contributed by atoms with Crippen molar-refractivity contribution in [3.63, 3.8) is 0 Å². The maximum Gasteiger partial charge on any atom is 0.163 e. The molecular weight excluding hydrogens is 264 g/mol. The molecule has 0 saturated heterocycles. The van der Waals surface area contributed by atoms with Crippen LogP contribution in [0.3, 0.4) is 0 Å². The minimum atomic E-state index is 0.450. The summed E-state index contributed by atoms with van der Waals surface area (Å²) < 4.78 is 0. The van der Waals surface area contributed by atoms with Gasteiger partial charge in [0.15, 0.2) is 5.11 Å². The Bertz CT molecular complexity index is 231. The Balaban J connectivity index is 3.55. The van der Waals surface area contributed by atoms with Crippen LogP contribution in [-0.2, 0) is 0 Å². The zero-order valence-electron chi connectivity index (χ0n) is 13.9. The topological polar surface area (TPSA) is 38.0 Å². The SMILES string of the molecule is CCCCCCCCCCCC(NC(N)=S)C(C)CC. The number of nitrogens with one attached hydrogen (secondary N) is 1. The maximum absolute atomic E-state index is 5.62. The van der Waals surface area contributed by atoms with E-state index in [-0.39, 0.29) is 0 Å². The van der Waals surface area contributed by atoms with Gasteiger partial charge in [-0.1, -0.05) is 85.0 Å². The monoisotopic (exact) mass is 300 g/mol. The second kappa shape index (κ2) is 13.7. The Labute approximate surface area is 132 Å². The third-order valence-corrected chi connectivity index (χ3v) is 4.40. The summed E-state index contributed by atoms with van der Waals surface area (Å²) in [6, 6.07) is 0.460. The van der Waals surface area contributed by atoms with E-state index < -0.39 is 0 Å². The average molecular weight is 301 g/mol. The largest absolute Gasteiger partial charge is 0.376 e. The van der Waals surface area contributed by atoms with Crippen molar-refractivity contribution in [2.75, 3.05) is 0 Å². The zero-order chi connectivity index (χ0) is 15.2. The molecule has 0 spiro atoms. The van der Waals surface area contributed by atoms with Gasteiger partial charge in [0.1, 0.15) is 0 Å². The van der Waals surface area contributed by atoms with E-state index in [2.05, 4.69) is 26.1 Å². The molecule has 0 radical (unpaired) electrons. The van der Waals surface area contributed by atoms with Crippen LogP contribution in [0.5, 0.6) is 0 Å². The summed E-state index contributed by atoms with van der Waals surface area (Å²) in [5.74, 6) is 0.644. The Kier molecular flexibility index (Phi) is 13.5. The molecule has 3 heteroatoms. The van der Waals surface area contributed by atoms with Crippen molar-refractivity contribution in [2.24, 2.45) is 11.7 Å². The van der Waals surface area contributed by atoms with E-state index in [0.29, 0.717) is 17.1 Å². The standard InChI is InChI=1S/C17H36N2S/c1-4-6-7-8-9-10-11-12-13-14-16(15(3)5-2)19-17(18)20/h15-16H,4-14H2,1-3H3,(H3,18,19,20). The Morgan fingerprint density at radius 1 is 0.950 bits per heavy atom. The second-order valence-electron chi connectivity index (χ2n) is 6.12. The lowest BCUT2D eigenvalue weighted by molar-refractivity contribution is 0.375. The number of thiocarbonyl (C=S) groups is 1. The molecule has 0 heterocycles. The van der Waals surface area contributed by atoms with E-state index in [9.17, 15) is 0 Å². The highest BCUT2D eigenvalue weighted by Crippen LogP contribution is 2.16. The molecule has 0 aromatic heterocycles. The van der Waals surface area contributed by atoms with E-state index in [0.717, 1.165) is 0 Å². The zero-order valence-corrected chi connectivity index (χ0v) is 14.7. The van der Waals surface area contributed by atoms with Gasteiger partial charge < -0.3 is 11.1 Å². The molecule has 0 fully saturated rings. The maximum atomic E-state index is 5.62. The average Bonchev–Trinajstić information content (AvgIpc) is 2.43. The van der Waals surface area contributed by atoms with Crippen molar-refractivity contribution in [3.8, 4) is 0 Å². The second-order valence-corrected chi connectivity index (χ2v) is 6.56. The summed E-state index contributed by atoms with van der Waals surface area (Å²) in [4.78, 5) is 0. The first-order valence-electron chi connectivity index (χ1n) is 8.67. The fourth-order valence-electron chi connectivity index (χ4n) is 2.64. The van der Waals surface area contributed by atoms with Crippen LogP contribution in [0, 0.1) is 5.92 Å². The minimum Gasteiger partial charge on any atom is -0.376 e. The molecule has 20 heavy (non-hydrogen) atoms. The highest BCUT2D eigenvalue weighted by Gasteiger charge is 2.15. The van der Waals surface area contributed by atoms with Crippen LogP contribution >= 0.6 is 12.2 Å². The van der Waals surface area contributed by atoms with Gasteiger partial charge in [-0.05, 0) is 24.6 Å². The first kappa shape index (κ1) is 19.7. The Morgan fingerprint density at radius 3 is 1.90 bits per heavy atom. The summed E-state index contributed by atoms with van der Waals surface area (Å²) >= 11 is 4.98. The molecule has 3 N–H and O–H groups in total. The van der Waals surface area contributed by atoms with E-state index in [1.165, 1.54) is 70.6 Å². The van der Waals surface area contributed by atoms with Gasteiger partial charge in [0.2, 0.25) is 0 Å². The summed E-state index contributed by atoms with van der Waals surface area (Å²) in [5, 5.41) is 3.72. The van der Waals surface area contributed by atoms with Crippen molar-refractivity contribution < 1.29 is 0 Å². The van der Waals surface area contributed by atoms with Crippen molar-refractivity contribution in [1.29, 1.82) is 0 Å². The van der Waals surface area contributed by atoms with Crippen molar-refractivity contribution in [3.05, 3.63) is 0 Å². The van der Waals surface area contributed by atoms with Crippen molar-refractivity contribution >= 4 is 17.3 Å². The van der Waals surface area contributed by atoms with Gasteiger partial charge in [-0.25, -0.2) is 0 Å². The molecule has 0 aliphatic rings. The first-order valence-corrected chi connectivity index (χ1v) is 9.08. The van der Waals surface area contributed by atoms with E-state index in [1.807, 2.05) is 0 Å².